The van der Waals surface area contributed by atoms with Gasteiger partial charge in [-0.15, -0.1) is 0 Å². The van der Waals surface area contributed by atoms with E-state index in [2.05, 4.69) is 6.92 Å². The van der Waals surface area contributed by atoms with E-state index in [0.717, 1.165) is 12.8 Å². The van der Waals surface area contributed by atoms with E-state index in [1.54, 1.807) is 20.8 Å². The lowest BCUT2D eigenvalue weighted by atomic mass is 10.1. The summed E-state index contributed by atoms with van der Waals surface area (Å²) in [6.45, 7) is 7.24. The van der Waals surface area contributed by atoms with Gasteiger partial charge in [-0.05, 0) is 33.6 Å². The Hall–Kier alpha value is -0.0900. The van der Waals surface area contributed by atoms with Gasteiger partial charge in [-0.2, -0.15) is 0 Å². The molecule has 86 valence electrons. The summed E-state index contributed by atoms with van der Waals surface area (Å²) in [5, 5.41) is 0. The lowest BCUT2D eigenvalue weighted by Crippen LogP contribution is -2.33. The van der Waals surface area contributed by atoms with Crippen LogP contribution in [-0.2, 0) is 9.84 Å². The molecule has 0 heterocycles. The minimum Gasteiger partial charge on any atom is -0.328 e. The molecule has 0 fully saturated rings. The second kappa shape index (κ2) is 5.12. The van der Waals surface area contributed by atoms with Gasteiger partial charge in [-0.1, -0.05) is 13.3 Å². The van der Waals surface area contributed by atoms with Crippen molar-refractivity contribution >= 4 is 9.84 Å². The molecule has 1 unspecified atom stereocenters. The zero-order chi connectivity index (χ0) is 11.4. The number of rotatable bonds is 5. The lowest BCUT2D eigenvalue weighted by Gasteiger charge is -2.20. The number of nitrogens with two attached hydrogens (primary N) is 1. The lowest BCUT2D eigenvalue weighted by molar-refractivity contribution is 0.540. The highest BCUT2D eigenvalue weighted by Crippen LogP contribution is 2.17. The van der Waals surface area contributed by atoms with Gasteiger partial charge >= 0.3 is 0 Å². The van der Waals surface area contributed by atoms with Crippen molar-refractivity contribution in [3.8, 4) is 0 Å². The summed E-state index contributed by atoms with van der Waals surface area (Å²) in [7, 11) is -2.99. The summed E-state index contributed by atoms with van der Waals surface area (Å²) in [4.78, 5) is 0. The molecular formula is C10H23NO2S. The summed E-state index contributed by atoms with van der Waals surface area (Å²) in [5.74, 6) is 0.206. The number of hydrogen-bond donors (Lipinski definition) is 1. The summed E-state index contributed by atoms with van der Waals surface area (Å²) in [6.07, 6.45) is 2.49. The Labute approximate surface area is 88.0 Å². The largest absolute Gasteiger partial charge is 0.328 e. The van der Waals surface area contributed by atoms with Gasteiger partial charge in [0.2, 0.25) is 0 Å². The molecule has 0 rings (SSSR count). The maximum Gasteiger partial charge on any atom is 0.155 e. The fraction of sp³-hybridized carbons (Fsp3) is 1.00. The highest BCUT2D eigenvalue weighted by Gasteiger charge is 2.28. The highest BCUT2D eigenvalue weighted by molar-refractivity contribution is 7.92. The van der Waals surface area contributed by atoms with Crippen molar-refractivity contribution in [2.24, 2.45) is 5.73 Å². The van der Waals surface area contributed by atoms with Crippen LogP contribution >= 0.6 is 0 Å². The van der Waals surface area contributed by atoms with Crippen LogP contribution in [0.25, 0.3) is 0 Å². The summed E-state index contributed by atoms with van der Waals surface area (Å²) < 4.78 is 22.8. The Kier molecular flexibility index (Phi) is 5.09. The molecule has 0 saturated carbocycles. The van der Waals surface area contributed by atoms with Crippen LogP contribution in [0.3, 0.4) is 0 Å². The molecule has 0 radical (unpaired) electrons. The standard InChI is InChI=1S/C10H23NO2S/c1-5-6-9(11)7-8-14(12,13)10(2,3)4/h9H,5-8,11H2,1-4H3. The third kappa shape index (κ3) is 4.42. The fourth-order valence-corrected chi connectivity index (χ4v) is 2.35. The number of hydrogen-bond acceptors (Lipinski definition) is 3. The van der Waals surface area contributed by atoms with Crippen molar-refractivity contribution in [1.82, 2.24) is 0 Å². The van der Waals surface area contributed by atoms with E-state index in [4.69, 9.17) is 5.73 Å². The molecule has 2 N–H and O–H groups in total. The van der Waals surface area contributed by atoms with Gasteiger partial charge in [0, 0.05) is 6.04 Å². The molecule has 0 spiro atoms. The van der Waals surface area contributed by atoms with Crippen LogP contribution in [0.15, 0.2) is 0 Å². The van der Waals surface area contributed by atoms with Gasteiger partial charge in [0.15, 0.2) is 9.84 Å². The van der Waals surface area contributed by atoms with E-state index >= 15 is 0 Å². The van der Waals surface area contributed by atoms with E-state index < -0.39 is 14.6 Å². The van der Waals surface area contributed by atoms with Gasteiger partial charge in [-0.3, -0.25) is 0 Å². The summed E-state index contributed by atoms with van der Waals surface area (Å²) in [5.41, 5.74) is 5.77. The van der Waals surface area contributed by atoms with Gasteiger partial charge in [-0.25, -0.2) is 8.42 Å². The first-order valence-corrected chi connectivity index (χ1v) is 6.84. The molecule has 14 heavy (non-hydrogen) atoms. The second-order valence-electron chi connectivity index (χ2n) is 4.77. The molecule has 3 nitrogen and oxygen atoms in total. The zero-order valence-electron chi connectivity index (χ0n) is 9.71. The first-order valence-electron chi connectivity index (χ1n) is 5.18. The van der Waals surface area contributed by atoms with Crippen LogP contribution in [0.1, 0.15) is 47.0 Å². The van der Waals surface area contributed by atoms with Crippen LogP contribution in [-0.4, -0.2) is 25.0 Å². The minimum absolute atomic E-state index is 0.0251. The topological polar surface area (TPSA) is 60.2 Å². The molecule has 0 aromatic heterocycles. The van der Waals surface area contributed by atoms with Gasteiger partial charge in [0.25, 0.3) is 0 Å². The van der Waals surface area contributed by atoms with Crippen molar-refractivity contribution in [1.29, 1.82) is 0 Å². The van der Waals surface area contributed by atoms with E-state index in [9.17, 15) is 8.42 Å². The molecule has 0 amide bonds. The highest BCUT2D eigenvalue weighted by atomic mass is 32.2. The van der Waals surface area contributed by atoms with Crippen molar-refractivity contribution in [2.45, 2.75) is 57.7 Å². The second-order valence-corrected chi connectivity index (χ2v) is 7.63. The van der Waals surface area contributed by atoms with E-state index in [0.29, 0.717) is 6.42 Å². The van der Waals surface area contributed by atoms with Crippen LogP contribution in [0.2, 0.25) is 0 Å². The van der Waals surface area contributed by atoms with E-state index in [-0.39, 0.29) is 11.8 Å². The summed E-state index contributed by atoms with van der Waals surface area (Å²) >= 11 is 0. The van der Waals surface area contributed by atoms with Crippen LogP contribution < -0.4 is 5.73 Å². The van der Waals surface area contributed by atoms with Crippen LogP contribution in [0.5, 0.6) is 0 Å². The first kappa shape index (κ1) is 13.9. The van der Waals surface area contributed by atoms with Gasteiger partial charge in [0.1, 0.15) is 0 Å². The molecule has 1 atom stereocenters. The van der Waals surface area contributed by atoms with Gasteiger partial charge < -0.3 is 5.73 Å². The predicted molar refractivity (Wildman–Crippen MR) is 61.0 cm³/mol. The predicted octanol–water partition coefficient (Wildman–Crippen LogP) is 1.72. The Morgan fingerprint density at radius 1 is 1.21 bits per heavy atom. The molecular weight excluding hydrogens is 198 g/mol. The fourth-order valence-electron chi connectivity index (χ4n) is 1.13. The Bertz CT molecular complexity index is 252. The zero-order valence-corrected chi connectivity index (χ0v) is 10.5. The van der Waals surface area contributed by atoms with E-state index in [1.807, 2.05) is 0 Å². The first-order chi connectivity index (χ1) is 6.20. The molecule has 4 heteroatoms. The molecule has 0 aromatic carbocycles. The van der Waals surface area contributed by atoms with Crippen molar-refractivity contribution in [2.75, 3.05) is 5.75 Å². The number of sulfone groups is 1. The van der Waals surface area contributed by atoms with Crippen molar-refractivity contribution in [3.05, 3.63) is 0 Å². The SMILES string of the molecule is CCCC(N)CCS(=O)(=O)C(C)(C)C. The molecule has 0 aromatic rings. The smallest absolute Gasteiger partial charge is 0.155 e. The van der Waals surface area contributed by atoms with Crippen LogP contribution in [0, 0.1) is 0 Å². The Balaban J connectivity index is 4.14. The Morgan fingerprint density at radius 3 is 2.07 bits per heavy atom. The molecule has 0 bridgehead atoms. The van der Waals surface area contributed by atoms with Crippen molar-refractivity contribution in [3.63, 3.8) is 0 Å². The van der Waals surface area contributed by atoms with Crippen LogP contribution in [0.4, 0.5) is 0 Å². The minimum atomic E-state index is -2.99. The maximum atomic E-state index is 11.7. The molecule has 0 aliphatic heterocycles. The average Bonchev–Trinajstić information content (AvgIpc) is 1.99. The Morgan fingerprint density at radius 2 is 1.71 bits per heavy atom. The monoisotopic (exact) mass is 221 g/mol. The summed E-state index contributed by atoms with van der Waals surface area (Å²) in [6, 6.07) is 0.0251. The van der Waals surface area contributed by atoms with Gasteiger partial charge in [0.05, 0.1) is 10.5 Å². The normalized spacial score (nSPS) is 15.5. The quantitative estimate of drug-likeness (QED) is 0.769. The average molecular weight is 221 g/mol. The van der Waals surface area contributed by atoms with E-state index in [1.165, 1.54) is 0 Å². The molecule has 0 saturated heterocycles. The maximum absolute atomic E-state index is 11.7. The van der Waals surface area contributed by atoms with Crippen molar-refractivity contribution < 1.29 is 8.42 Å². The third-order valence-electron chi connectivity index (χ3n) is 2.35. The third-order valence-corrected chi connectivity index (χ3v) is 4.99. The molecule has 0 aliphatic carbocycles. The molecule has 0 aliphatic rings.